The lowest BCUT2D eigenvalue weighted by Gasteiger charge is -2.34. The fourth-order valence-corrected chi connectivity index (χ4v) is 1.43. The molecule has 0 aliphatic heterocycles. The standard InChI is InChI=1S/C10H17NO/c1-2-3-4-5-12-10-6-9(7-10)8-11/h1,9-10H,3-8,11H2. The Bertz CT molecular complexity index is 156. The minimum atomic E-state index is 0.469. The minimum Gasteiger partial charge on any atom is -0.378 e. The predicted molar refractivity (Wildman–Crippen MR) is 49.6 cm³/mol. The van der Waals surface area contributed by atoms with E-state index in [0.29, 0.717) is 12.0 Å². The van der Waals surface area contributed by atoms with Crippen molar-refractivity contribution < 1.29 is 4.74 Å². The lowest BCUT2D eigenvalue weighted by Crippen LogP contribution is -2.36. The third kappa shape index (κ3) is 2.84. The zero-order valence-electron chi connectivity index (χ0n) is 7.46. The van der Waals surface area contributed by atoms with Crippen LogP contribution in [0.4, 0.5) is 0 Å². The van der Waals surface area contributed by atoms with Gasteiger partial charge in [0.15, 0.2) is 0 Å². The highest BCUT2D eigenvalue weighted by Gasteiger charge is 2.27. The molecule has 0 unspecified atom stereocenters. The van der Waals surface area contributed by atoms with Crippen molar-refractivity contribution in [2.75, 3.05) is 13.2 Å². The number of rotatable bonds is 5. The van der Waals surface area contributed by atoms with Gasteiger partial charge in [-0.15, -0.1) is 12.3 Å². The van der Waals surface area contributed by atoms with Crippen molar-refractivity contribution in [3.63, 3.8) is 0 Å². The molecule has 1 saturated carbocycles. The number of nitrogens with two attached hydrogens (primary N) is 1. The summed E-state index contributed by atoms with van der Waals surface area (Å²) in [6, 6.07) is 0. The van der Waals surface area contributed by atoms with Crippen LogP contribution in [0, 0.1) is 18.3 Å². The summed E-state index contributed by atoms with van der Waals surface area (Å²) >= 11 is 0. The van der Waals surface area contributed by atoms with Gasteiger partial charge in [-0.1, -0.05) is 0 Å². The summed E-state index contributed by atoms with van der Waals surface area (Å²) in [5.74, 6) is 3.31. The van der Waals surface area contributed by atoms with Gasteiger partial charge in [-0.2, -0.15) is 0 Å². The van der Waals surface area contributed by atoms with Crippen LogP contribution in [0.5, 0.6) is 0 Å². The molecule has 0 heterocycles. The molecule has 1 aliphatic rings. The monoisotopic (exact) mass is 167 g/mol. The molecule has 12 heavy (non-hydrogen) atoms. The van der Waals surface area contributed by atoms with Crippen LogP contribution in [0.25, 0.3) is 0 Å². The normalized spacial score (nSPS) is 27.7. The number of hydrogen-bond donors (Lipinski definition) is 1. The third-order valence-corrected chi connectivity index (χ3v) is 2.34. The largest absolute Gasteiger partial charge is 0.378 e. The van der Waals surface area contributed by atoms with Gasteiger partial charge in [-0.25, -0.2) is 0 Å². The summed E-state index contributed by atoms with van der Waals surface area (Å²) in [4.78, 5) is 0. The number of hydrogen-bond acceptors (Lipinski definition) is 2. The van der Waals surface area contributed by atoms with Crippen LogP contribution in [0.3, 0.4) is 0 Å². The Kier molecular flexibility index (Phi) is 4.13. The Morgan fingerprint density at radius 3 is 2.83 bits per heavy atom. The van der Waals surface area contributed by atoms with E-state index in [-0.39, 0.29) is 0 Å². The molecule has 0 radical (unpaired) electrons. The second kappa shape index (κ2) is 5.18. The third-order valence-electron chi connectivity index (χ3n) is 2.34. The lowest BCUT2D eigenvalue weighted by molar-refractivity contribution is -0.0282. The Hall–Kier alpha value is -0.520. The summed E-state index contributed by atoms with van der Waals surface area (Å²) in [5.41, 5.74) is 5.49. The highest BCUT2D eigenvalue weighted by molar-refractivity contribution is 4.83. The zero-order valence-corrected chi connectivity index (χ0v) is 7.46. The molecule has 1 aliphatic carbocycles. The average Bonchev–Trinajstić information content (AvgIpc) is 2.01. The van der Waals surface area contributed by atoms with Crippen LogP contribution in [-0.2, 0) is 4.74 Å². The molecule has 2 N–H and O–H groups in total. The molecule has 0 aromatic carbocycles. The van der Waals surface area contributed by atoms with Crippen LogP contribution in [0.2, 0.25) is 0 Å². The van der Waals surface area contributed by atoms with E-state index in [1.54, 1.807) is 0 Å². The van der Waals surface area contributed by atoms with Gasteiger partial charge in [0.1, 0.15) is 0 Å². The first-order valence-electron chi connectivity index (χ1n) is 4.62. The Morgan fingerprint density at radius 2 is 2.25 bits per heavy atom. The van der Waals surface area contributed by atoms with Gasteiger partial charge in [-0.3, -0.25) is 0 Å². The number of terminal acetylenes is 1. The van der Waals surface area contributed by atoms with Crippen molar-refractivity contribution in [3.05, 3.63) is 0 Å². The maximum absolute atomic E-state index is 5.56. The van der Waals surface area contributed by atoms with Gasteiger partial charge < -0.3 is 10.5 Å². The molecule has 1 rings (SSSR count). The molecule has 0 atom stereocenters. The van der Waals surface area contributed by atoms with Gasteiger partial charge in [0, 0.05) is 13.0 Å². The van der Waals surface area contributed by atoms with E-state index in [2.05, 4.69) is 5.92 Å². The second-order valence-electron chi connectivity index (χ2n) is 3.37. The quantitative estimate of drug-likeness (QED) is 0.492. The van der Waals surface area contributed by atoms with Crippen molar-refractivity contribution in [3.8, 4) is 12.3 Å². The molecule has 1 fully saturated rings. The molecule has 0 amide bonds. The van der Waals surface area contributed by atoms with Crippen molar-refractivity contribution in [1.82, 2.24) is 0 Å². The maximum Gasteiger partial charge on any atom is 0.0581 e. The minimum absolute atomic E-state index is 0.469. The van der Waals surface area contributed by atoms with Gasteiger partial charge in [0.05, 0.1) is 6.10 Å². The first kappa shape index (κ1) is 9.57. The van der Waals surface area contributed by atoms with E-state index in [4.69, 9.17) is 16.9 Å². The summed E-state index contributed by atoms with van der Waals surface area (Å²) in [6.45, 7) is 1.62. The number of ether oxygens (including phenoxy) is 1. The smallest absolute Gasteiger partial charge is 0.0581 e. The van der Waals surface area contributed by atoms with Crippen LogP contribution >= 0.6 is 0 Å². The summed E-state index contributed by atoms with van der Waals surface area (Å²) in [5, 5.41) is 0. The SMILES string of the molecule is C#CCCCOC1CC(CN)C1. The fraction of sp³-hybridized carbons (Fsp3) is 0.800. The molecule has 2 nitrogen and oxygen atoms in total. The van der Waals surface area contributed by atoms with Crippen LogP contribution < -0.4 is 5.73 Å². The topological polar surface area (TPSA) is 35.2 Å². The van der Waals surface area contributed by atoms with Gasteiger partial charge >= 0.3 is 0 Å². The highest BCUT2D eigenvalue weighted by Crippen LogP contribution is 2.28. The van der Waals surface area contributed by atoms with Crippen molar-refractivity contribution in [1.29, 1.82) is 0 Å². The van der Waals surface area contributed by atoms with Crippen LogP contribution in [0.15, 0.2) is 0 Å². The zero-order chi connectivity index (χ0) is 8.81. The molecular weight excluding hydrogens is 150 g/mol. The molecule has 0 aromatic rings. The van der Waals surface area contributed by atoms with Crippen molar-refractivity contribution in [2.45, 2.75) is 31.8 Å². The molecule has 2 heteroatoms. The van der Waals surface area contributed by atoms with Gasteiger partial charge in [0.25, 0.3) is 0 Å². The average molecular weight is 167 g/mol. The highest BCUT2D eigenvalue weighted by atomic mass is 16.5. The van der Waals surface area contributed by atoms with E-state index in [1.807, 2.05) is 0 Å². The van der Waals surface area contributed by atoms with Crippen LogP contribution in [0.1, 0.15) is 25.7 Å². The van der Waals surface area contributed by atoms with E-state index in [0.717, 1.165) is 38.8 Å². The number of unbranched alkanes of at least 4 members (excludes halogenated alkanes) is 1. The van der Waals surface area contributed by atoms with Gasteiger partial charge in [0.2, 0.25) is 0 Å². The van der Waals surface area contributed by atoms with E-state index in [9.17, 15) is 0 Å². The molecule has 0 bridgehead atoms. The maximum atomic E-state index is 5.56. The predicted octanol–water partition coefficient (Wildman–Crippen LogP) is 1.15. The first-order valence-corrected chi connectivity index (χ1v) is 4.62. The summed E-state index contributed by atoms with van der Waals surface area (Å²) < 4.78 is 5.56. The Balaban J connectivity index is 1.87. The van der Waals surface area contributed by atoms with E-state index >= 15 is 0 Å². The summed E-state index contributed by atoms with van der Waals surface area (Å²) in [6.07, 6.45) is 9.69. The van der Waals surface area contributed by atoms with E-state index in [1.165, 1.54) is 0 Å². The van der Waals surface area contributed by atoms with Crippen molar-refractivity contribution in [2.24, 2.45) is 11.7 Å². The molecule has 68 valence electrons. The Morgan fingerprint density at radius 1 is 1.50 bits per heavy atom. The lowest BCUT2D eigenvalue weighted by atomic mass is 9.82. The van der Waals surface area contributed by atoms with E-state index < -0.39 is 0 Å². The molecular formula is C10H17NO. The van der Waals surface area contributed by atoms with Crippen molar-refractivity contribution >= 4 is 0 Å². The summed E-state index contributed by atoms with van der Waals surface area (Å²) in [7, 11) is 0. The second-order valence-corrected chi connectivity index (χ2v) is 3.37. The molecule has 0 spiro atoms. The molecule has 0 saturated heterocycles. The fourth-order valence-electron chi connectivity index (χ4n) is 1.43. The Labute approximate surface area is 74.5 Å². The first-order chi connectivity index (χ1) is 5.86. The van der Waals surface area contributed by atoms with Crippen LogP contribution in [-0.4, -0.2) is 19.3 Å². The van der Waals surface area contributed by atoms with Gasteiger partial charge in [-0.05, 0) is 31.7 Å². The molecule has 0 aromatic heterocycles.